The van der Waals surface area contributed by atoms with E-state index in [1.165, 1.54) is 6.42 Å². The summed E-state index contributed by atoms with van der Waals surface area (Å²) in [5.74, 6) is -0.507. The van der Waals surface area contributed by atoms with E-state index in [0.717, 1.165) is 12.8 Å². The Labute approximate surface area is 79.7 Å². The fraction of sp³-hybridized carbons (Fsp3) is 0.900. The van der Waals surface area contributed by atoms with Gasteiger partial charge in [0.1, 0.15) is 6.04 Å². The third kappa shape index (κ3) is 2.21. The molecule has 76 valence electrons. The van der Waals surface area contributed by atoms with Crippen LogP contribution >= 0.6 is 0 Å². The number of rotatable bonds is 4. The highest BCUT2D eigenvalue weighted by Crippen LogP contribution is 2.27. The van der Waals surface area contributed by atoms with Gasteiger partial charge < -0.3 is 5.11 Å². The first kappa shape index (κ1) is 10.5. The number of aliphatic carboxylic acids is 1. The van der Waals surface area contributed by atoms with Crippen molar-refractivity contribution in [2.45, 2.75) is 45.2 Å². The van der Waals surface area contributed by atoms with Gasteiger partial charge in [0.15, 0.2) is 0 Å². The molecular weight excluding hydrogens is 166 g/mol. The van der Waals surface area contributed by atoms with E-state index in [1.54, 1.807) is 0 Å². The van der Waals surface area contributed by atoms with Crippen LogP contribution in [0.25, 0.3) is 0 Å². The molecule has 1 aliphatic carbocycles. The number of carboxylic acid groups (broad SMARTS) is 1. The van der Waals surface area contributed by atoms with Crippen LogP contribution in [0.15, 0.2) is 0 Å². The molecule has 0 aromatic carbocycles. The topological polar surface area (TPSA) is 40.5 Å². The van der Waals surface area contributed by atoms with Crippen LogP contribution < -0.4 is 0 Å². The maximum atomic E-state index is 11.0. The van der Waals surface area contributed by atoms with E-state index in [0.29, 0.717) is 6.04 Å². The number of hydrogen-bond donors (Lipinski definition) is 1. The first-order valence-electron chi connectivity index (χ1n) is 4.98. The van der Waals surface area contributed by atoms with Gasteiger partial charge in [-0.05, 0) is 25.8 Å². The highest BCUT2D eigenvalue weighted by Gasteiger charge is 2.33. The fourth-order valence-corrected chi connectivity index (χ4v) is 1.95. The molecule has 1 N–H and O–H groups in total. The zero-order valence-corrected chi connectivity index (χ0v) is 8.66. The van der Waals surface area contributed by atoms with Gasteiger partial charge in [0, 0.05) is 6.04 Å². The van der Waals surface area contributed by atoms with Crippen molar-refractivity contribution in [3.05, 3.63) is 0 Å². The molecule has 0 saturated heterocycles. The van der Waals surface area contributed by atoms with E-state index >= 15 is 0 Å². The molecule has 0 radical (unpaired) electrons. The average molecular weight is 185 g/mol. The number of carboxylic acids is 1. The van der Waals surface area contributed by atoms with Crippen LogP contribution in [0.3, 0.4) is 0 Å². The number of nitrogens with zero attached hydrogens (tertiary/aromatic N) is 1. The predicted octanol–water partition coefficient (Wildman–Crippen LogP) is 1.58. The van der Waals surface area contributed by atoms with E-state index in [9.17, 15) is 4.79 Å². The molecule has 1 atom stereocenters. The predicted molar refractivity (Wildman–Crippen MR) is 51.7 cm³/mol. The van der Waals surface area contributed by atoms with Gasteiger partial charge in [-0.2, -0.15) is 0 Å². The van der Waals surface area contributed by atoms with Crippen molar-refractivity contribution in [2.24, 2.45) is 5.92 Å². The van der Waals surface area contributed by atoms with Gasteiger partial charge in [0.2, 0.25) is 0 Å². The van der Waals surface area contributed by atoms with E-state index in [-0.39, 0.29) is 12.0 Å². The lowest BCUT2D eigenvalue weighted by atomic mass is 9.89. The minimum atomic E-state index is -0.690. The molecule has 3 nitrogen and oxygen atoms in total. The molecule has 3 heteroatoms. The summed E-state index contributed by atoms with van der Waals surface area (Å²) in [6.45, 7) is 3.93. The average Bonchev–Trinajstić information content (AvgIpc) is 1.79. The van der Waals surface area contributed by atoms with Crippen LogP contribution in [-0.4, -0.2) is 35.1 Å². The molecule has 1 saturated carbocycles. The molecule has 0 aromatic heterocycles. The van der Waals surface area contributed by atoms with Gasteiger partial charge in [0.25, 0.3) is 0 Å². The van der Waals surface area contributed by atoms with Crippen LogP contribution in [0.4, 0.5) is 0 Å². The Balaban J connectivity index is 2.57. The Bertz CT molecular complexity index is 187. The summed E-state index contributed by atoms with van der Waals surface area (Å²) in [6, 6.07) is 0.189. The molecule has 1 aliphatic rings. The zero-order valence-electron chi connectivity index (χ0n) is 8.66. The summed E-state index contributed by atoms with van der Waals surface area (Å²) in [4.78, 5) is 13.0. The van der Waals surface area contributed by atoms with Crippen LogP contribution in [0.2, 0.25) is 0 Å². The van der Waals surface area contributed by atoms with Crippen molar-refractivity contribution in [1.29, 1.82) is 0 Å². The van der Waals surface area contributed by atoms with Crippen LogP contribution in [0.5, 0.6) is 0 Å². The summed E-state index contributed by atoms with van der Waals surface area (Å²) in [5.41, 5.74) is 0. The molecule has 0 amide bonds. The first-order chi connectivity index (χ1) is 6.04. The van der Waals surface area contributed by atoms with Crippen molar-refractivity contribution in [3.63, 3.8) is 0 Å². The van der Waals surface area contributed by atoms with E-state index < -0.39 is 5.97 Å². The first-order valence-corrected chi connectivity index (χ1v) is 4.98. The summed E-state index contributed by atoms with van der Waals surface area (Å²) < 4.78 is 0. The normalized spacial score (nSPS) is 20.4. The second kappa shape index (κ2) is 4.09. The summed E-state index contributed by atoms with van der Waals surface area (Å²) in [7, 11) is 1.93. The molecule has 0 aliphatic heterocycles. The Morgan fingerprint density at radius 2 is 2.00 bits per heavy atom. The van der Waals surface area contributed by atoms with Crippen molar-refractivity contribution < 1.29 is 9.90 Å². The molecule has 0 bridgehead atoms. The smallest absolute Gasteiger partial charge is 0.321 e. The Hall–Kier alpha value is -0.570. The van der Waals surface area contributed by atoms with Gasteiger partial charge in [-0.3, -0.25) is 9.69 Å². The van der Waals surface area contributed by atoms with E-state index in [2.05, 4.69) is 0 Å². The monoisotopic (exact) mass is 185 g/mol. The fourth-order valence-electron chi connectivity index (χ4n) is 1.95. The van der Waals surface area contributed by atoms with E-state index in [1.807, 2.05) is 25.8 Å². The molecule has 1 rings (SSSR count). The van der Waals surface area contributed by atoms with Gasteiger partial charge in [-0.25, -0.2) is 0 Å². The molecule has 1 unspecified atom stereocenters. The number of carbonyl (C=O) groups is 1. The molecular formula is C10H19NO2. The summed E-state index contributed by atoms with van der Waals surface area (Å²) >= 11 is 0. The van der Waals surface area contributed by atoms with Crippen molar-refractivity contribution in [3.8, 4) is 0 Å². The van der Waals surface area contributed by atoms with E-state index in [4.69, 9.17) is 5.11 Å². The highest BCUT2D eigenvalue weighted by molar-refractivity contribution is 5.73. The lowest BCUT2D eigenvalue weighted by molar-refractivity contribution is -0.146. The lowest BCUT2D eigenvalue weighted by Crippen LogP contribution is -2.50. The number of hydrogen-bond acceptors (Lipinski definition) is 2. The number of likely N-dealkylation sites (N-methyl/N-ethyl adjacent to an activating group) is 1. The molecule has 0 spiro atoms. The summed E-state index contributed by atoms with van der Waals surface area (Å²) in [6.07, 6.45) is 3.57. The largest absolute Gasteiger partial charge is 0.480 e. The minimum absolute atomic E-state index is 0.183. The molecule has 1 fully saturated rings. The second-order valence-corrected chi connectivity index (χ2v) is 4.28. The second-order valence-electron chi connectivity index (χ2n) is 4.28. The van der Waals surface area contributed by atoms with Crippen LogP contribution in [0.1, 0.15) is 33.1 Å². The van der Waals surface area contributed by atoms with Gasteiger partial charge in [0.05, 0.1) is 0 Å². The Morgan fingerprint density at radius 1 is 1.46 bits per heavy atom. The van der Waals surface area contributed by atoms with Crippen LogP contribution in [0, 0.1) is 5.92 Å². The van der Waals surface area contributed by atoms with Crippen LogP contribution in [-0.2, 0) is 4.79 Å². The third-order valence-corrected chi connectivity index (χ3v) is 2.97. The van der Waals surface area contributed by atoms with Crippen molar-refractivity contribution in [2.75, 3.05) is 7.05 Å². The minimum Gasteiger partial charge on any atom is -0.480 e. The Morgan fingerprint density at radius 3 is 2.23 bits per heavy atom. The molecule has 0 heterocycles. The maximum Gasteiger partial charge on any atom is 0.321 e. The standard InChI is InChI=1S/C10H19NO2/c1-7(2)9(10(12)13)11(3)8-5-4-6-8/h7-9H,4-6H2,1-3H3,(H,12,13). The Kier molecular flexibility index (Phi) is 3.31. The van der Waals surface area contributed by atoms with Gasteiger partial charge in [-0.1, -0.05) is 20.3 Å². The molecule has 0 aromatic rings. The van der Waals surface area contributed by atoms with Crippen molar-refractivity contribution in [1.82, 2.24) is 4.90 Å². The zero-order chi connectivity index (χ0) is 10.0. The molecule has 13 heavy (non-hydrogen) atoms. The maximum absolute atomic E-state index is 11.0. The van der Waals surface area contributed by atoms with Gasteiger partial charge in [-0.15, -0.1) is 0 Å². The third-order valence-electron chi connectivity index (χ3n) is 2.97. The van der Waals surface area contributed by atoms with Gasteiger partial charge >= 0.3 is 5.97 Å². The quantitative estimate of drug-likeness (QED) is 0.723. The highest BCUT2D eigenvalue weighted by atomic mass is 16.4. The van der Waals surface area contributed by atoms with Crippen molar-refractivity contribution >= 4 is 5.97 Å². The lowest BCUT2D eigenvalue weighted by Gasteiger charge is -2.39. The summed E-state index contributed by atoms with van der Waals surface area (Å²) in [5, 5.41) is 9.04. The SMILES string of the molecule is CC(C)C(C(=O)O)N(C)C1CCC1.